The zero-order valence-corrected chi connectivity index (χ0v) is 15.0. The highest BCUT2D eigenvalue weighted by molar-refractivity contribution is 7.21. The summed E-state index contributed by atoms with van der Waals surface area (Å²) in [5.41, 5.74) is 8.60. The molecule has 0 unspecified atom stereocenters. The Labute approximate surface area is 154 Å². The van der Waals surface area contributed by atoms with Gasteiger partial charge in [0.25, 0.3) is 5.91 Å². The Kier molecular flexibility index (Phi) is 4.18. The Morgan fingerprint density at radius 2 is 2.00 bits per heavy atom. The number of hydrogen-bond acceptors (Lipinski definition) is 5. The van der Waals surface area contributed by atoms with E-state index in [1.165, 1.54) is 11.3 Å². The summed E-state index contributed by atoms with van der Waals surface area (Å²) >= 11 is 1.31. The fourth-order valence-electron chi connectivity index (χ4n) is 2.84. The highest BCUT2D eigenvalue weighted by Crippen LogP contribution is 2.35. The van der Waals surface area contributed by atoms with Crippen molar-refractivity contribution in [2.24, 2.45) is 0 Å². The molecule has 0 bridgehead atoms. The fraction of sp³-hybridized carbons (Fsp3) is 0.100. The van der Waals surface area contributed by atoms with Crippen molar-refractivity contribution < 1.29 is 9.53 Å². The predicted octanol–water partition coefficient (Wildman–Crippen LogP) is 3.97. The molecular weight excluding hydrogens is 346 g/mol. The smallest absolute Gasteiger partial charge is 0.263 e. The molecule has 2 aromatic carbocycles. The van der Waals surface area contributed by atoms with Gasteiger partial charge in [0.1, 0.15) is 15.5 Å². The van der Waals surface area contributed by atoms with Crippen molar-refractivity contribution in [2.45, 2.75) is 6.54 Å². The van der Waals surface area contributed by atoms with E-state index in [4.69, 9.17) is 10.5 Å². The third kappa shape index (κ3) is 2.95. The number of anilines is 1. The van der Waals surface area contributed by atoms with E-state index in [1.807, 2.05) is 54.6 Å². The number of amides is 1. The van der Waals surface area contributed by atoms with E-state index >= 15 is 0 Å². The summed E-state index contributed by atoms with van der Waals surface area (Å²) in [4.78, 5) is 18.5. The molecule has 0 spiro atoms. The van der Waals surface area contributed by atoms with E-state index in [-0.39, 0.29) is 5.91 Å². The average molecular weight is 363 g/mol. The van der Waals surface area contributed by atoms with Crippen LogP contribution < -0.4 is 15.8 Å². The first kappa shape index (κ1) is 16.4. The number of carbonyl (C=O) groups is 1. The lowest BCUT2D eigenvalue weighted by atomic mass is 10.1. The summed E-state index contributed by atoms with van der Waals surface area (Å²) < 4.78 is 5.26. The molecule has 5 nitrogen and oxygen atoms in total. The van der Waals surface area contributed by atoms with Crippen molar-refractivity contribution in [3.8, 4) is 5.75 Å². The summed E-state index contributed by atoms with van der Waals surface area (Å²) in [6.07, 6.45) is 0. The Bertz CT molecular complexity index is 1110. The molecule has 3 N–H and O–H groups in total. The van der Waals surface area contributed by atoms with Gasteiger partial charge in [-0.05, 0) is 29.8 Å². The normalized spacial score (nSPS) is 11.0. The van der Waals surface area contributed by atoms with Crippen LogP contribution in [0.5, 0.6) is 5.75 Å². The van der Waals surface area contributed by atoms with Crippen LogP contribution in [-0.2, 0) is 6.54 Å². The molecule has 0 aliphatic heterocycles. The minimum Gasteiger partial charge on any atom is -0.497 e. The maximum Gasteiger partial charge on any atom is 0.263 e. The SMILES string of the molecule is COc1ccc2nc3sc(C(=O)NCc4ccccc4)c(N)c3cc2c1. The van der Waals surface area contributed by atoms with Crippen LogP contribution in [0.3, 0.4) is 0 Å². The zero-order chi connectivity index (χ0) is 18.1. The van der Waals surface area contributed by atoms with Crippen molar-refractivity contribution in [3.05, 3.63) is 65.0 Å². The van der Waals surface area contributed by atoms with Crippen molar-refractivity contribution in [1.29, 1.82) is 0 Å². The molecule has 26 heavy (non-hydrogen) atoms. The third-order valence-corrected chi connectivity index (χ3v) is 5.34. The molecular formula is C20H17N3O2S. The van der Waals surface area contributed by atoms with Crippen molar-refractivity contribution in [2.75, 3.05) is 12.8 Å². The largest absolute Gasteiger partial charge is 0.497 e. The van der Waals surface area contributed by atoms with E-state index in [9.17, 15) is 4.79 Å². The maximum atomic E-state index is 12.6. The number of carbonyl (C=O) groups excluding carboxylic acids is 1. The first-order chi connectivity index (χ1) is 12.7. The fourth-order valence-corrected chi connectivity index (χ4v) is 3.84. The lowest BCUT2D eigenvalue weighted by Crippen LogP contribution is -2.22. The van der Waals surface area contributed by atoms with Gasteiger partial charge in [-0.3, -0.25) is 4.79 Å². The number of nitrogens with zero attached hydrogens (tertiary/aromatic N) is 1. The van der Waals surface area contributed by atoms with Gasteiger partial charge in [0, 0.05) is 17.3 Å². The Hall–Kier alpha value is -3.12. The van der Waals surface area contributed by atoms with Gasteiger partial charge < -0.3 is 15.8 Å². The second-order valence-corrected chi connectivity index (χ2v) is 6.91. The highest BCUT2D eigenvalue weighted by Gasteiger charge is 2.17. The van der Waals surface area contributed by atoms with Crippen LogP contribution in [0, 0.1) is 0 Å². The molecule has 4 aromatic rings. The highest BCUT2D eigenvalue weighted by atomic mass is 32.1. The monoisotopic (exact) mass is 363 g/mol. The molecule has 2 heterocycles. The second kappa shape index (κ2) is 6.65. The molecule has 0 atom stereocenters. The van der Waals surface area contributed by atoms with Crippen LogP contribution in [-0.4, -0.2) is 18.0 Å². The standard InChI is InChI=1S/C20H17N3O2S/c1-25-14-7-8-16-13(9-14)10-15-17(21)18(26-20(15)23-16)19(24)22-11-12-5-3-2-4-6-12/h2-10H,11,21H2,1H3,(H,22,24). The number of thiophene rings is 1. The van der Waals surface area contributed by atoms with Crippen LogP contribution in [0.2, 0.25) is 0 Å². The number of pyridine rings is 1. The number of ether oxygens (including phenoxy) is 1. The summed E-state index contributed by atoms with van der Waals surface area (Å²) in [7, 11) is 1.63. The van der Waals surface area contributed by atoms with Gasteiger partial charge in [0.15, 0.2) is 0 Å². The molecule has 6 heteroatoms. The summed E-state index contributed by atoms with van der Waals surface area (Å²) in [5.74, 6) is 0.573. The van der Waals surface area contributed by atoms with Gasteiger partial charge in [0.2, 0.25) is 0 Å². The molecule has 4 rings (SSSR count). The van der Waals surface area contributed by atoms with E-state index in [0.717, 1.165) is 32.4 Å². The van der Waals surface area contributed by atoms with Gasteiger partial charge in [0.05, 0.1) is 18.3 Å². The molecule has 0 aliphatic rings. The number of benzene rings is 2. The number of aromatic nitrogens is 1. The van der Waals surface area contributed by atoms with E-state index in [1.54, 1.807) is 7.11 Å². The number of rotatable bonds is 4. The van der Waals surface area contributed by atoms with Gasteiger partial charge in [-0.2, -0.15) is 0 Å². The van der Waals surface area contributed by atoms with Crippen LogP contribution >= 0.6 is 11.3 Å². The lowest BCUT2D eigenvalue weighted by Gasteiger charge is -2.04. The first-order valence-corrected chi connectivity index (χ1v) is 8.96. The Morgan fingerprint density at radius 3 is 2.77 bits per heavy atom. The van der Waals surface area contributed by atoms with Crippen LogP contribution in [0.1, 0.15) is 15.2 Å². The quantitative estimate of drug-likeness (QED) is 0.575. The van der Waals surface area contributed by atoms with E-state index in [0.29, 0.717) is 17.1 Å². The Morgan fingerprint density at radius 1 is 1.19 bits per heavy atom. The molecule has 0 saturated carbocycles. The maximum absolute atomic E-state index is 12.6. The van der Waals surface area contributed by atoms with Gasteiger partial charge >= 0.3 is 0 Å². The number of nitrogen functional groups attached to an aromatic ring is 1. The van der Waals surface area contributed by atoms with Crippen LogP contribution in [0.15, 0.2) is 54.6 Å². The predicted molar refractivity (Wildman–Crippen MR) is 106 cm³/mol. The molecule has 1 amide bonds. The number of fused-ring (bicyclic) bond motifs is 2. The van der Waals surface area contributed by atoms with E-state index in [2.05, 4.69) is 10.3 Å². The zero-order valence-electron chi connectivity index (χ0n) is 14.2. The van der Waals surface area contributed by atoms with E-state index < -0.39 is 0 Å². The lowest BCUT2D eigenvalue weighted by molar-refractivity contribution is 0.0956. The van der Waals surface area contributed by atoms with Gasteiger partial charge in [-0.15, -0.1) is 11.3 Å². The number of nitrogens with one attached hydrogen (secondary N) is 1. The molecule has 0 saturated heterocycles. The number of hydrogen-bond donors (Lipinski definition) is 2. The van der Waals surface area contributed by atoms with Crippen LogP contribution in [0.4, 0.5) is 5.69 Å². The first-order valence-electron chi connectivity index (χ1n) is 8.14. The van der Waals surface area contributed by atoms with Crippen molar-refractivity contribution in [1.82, 2.24) is 10.3 Å². The van der Waals surface area contributed by atoms with Crippen molar-refractivity contribution in [3.63, 3.8) is 0 Å². The average Bonchev–Trinajstić information content (AvgIpc) is 3.00. The number of methoxy groups -OCH3 is 1. The minimum atomic E-state index is -0.184. The van der Waals surface area contributed by atoms with Gasteiger partial charge in [-0.1, -0.05) is 30.3 Å². The van der Waals surface area contributed by atoms with Crippen LogP contribution in [0.25, 0.3) is 21.1 Å². The number of nitrogens with two attached hydrogens (primary N) is 1. The summed E-state index contributed by atoms with van der Waals surface area (Å²) in [6.45, 7) is 0.458. The van der Waals surface area contributed by atoms with Crippen molar-refractivity contribution >= 4 is 44.1 Å². The summed E-state index contributed by atoms with van der Waals surface area (Å²) in [5, 5.41) is 4.64. The topological polar surface area (TPSA) is 77.2 Å². The summed E-state index contributed by atoms with van der Waals surface area (Å²) in [6, 6.07) is 17.4. The molecule has 0 fully saturated rings. The third-order valence-electron chi connectivity index (χ3n) is 4.22. The Balaban J connectivity index is 1.68. The van der Waals surface area contributed by atoms with Gasteiger partial charge in [-0.25, -0.2) is 4.98 Å². The molecule has 0 aliphatic carbocycles. The molecule has 130 valence electrons. The minimum absolute atomic E-state index is 0.184. The molecule has 0 radical (unpaired) electrons. The second-order valence-electron chi connectivity index (χ2n) is 5.91. The molecule has 2 aromatic heterocycles.